The highest BCUT2D eigenvalue weighted by Crippen LogP contribution is 2.38. The number of phenols is 1. The van der Waals surface area contributed by atoms with Gasteiger partial charge in [-0.05, 0) is 18.2 Å². The van der Waals surface area contributed by atoms with Crippen LogP contribution in [-0.2, 0) is 6.18 Å². The number of anilines is 1. The van der Waals surface area contributed by atoms with Crippen molar-refractivity contribution in [2.75, 3.05) is 5.32 Å². The molecule has 2 rings (SSSR count). The molecule has 0 aliphatic heterocycles. The van der Waals surface area contributed by atoms with Gasteiger partial charge in [0.05, 0.1) is 15.4 Å². The molecule has 0 saturated carbocycles. The quantitative estimate of drug-likeness (QED) is 0.624. The second-order valence-corrected chi connectivity index (χ2v) is 4.87. The van der Waals surface area contributed by atoms with Crippen LogP contribution in [-0.4, -0.2) is 20.9 Å². The second-order valence-electron chi connectivity index (χ2n) is 4.87. The fourth-order valence-electron chi connectivity index (χ4n) is 2.06. The summed E-state index contributed by atoms with van der Waals surface area (Å²) in [6.07, 6.45) is -5.04. The number of carbonyl (C=O) groups excluding carboxylic acids is 1. The molecule has 136 valence electrons. The Morgan fingerprint density at radius 2 is 1.65 bits per heavy atom. The fourth-order valence-corrected chi connectivity index (χ4v) is 2.06. The minimum Gasteiger partial charge on any atom is -0.502 e. The average Bonchev–Trinajstić information content (AvgIpc) is 2.53. The lowest BCUT2D eigenvalue weighted by molar-refractivity contribution is -0.388. The first kappa shape index (κ1) is 18.6. The molecular formula is C14H8F3N3O6. The maximum absolute atomic E-state index is 12.9. The van der Waals surface area contributed by atoms with Crippen molar-refractivity contribution in [3.8, 4) is 5.75 Å². The summed E-state index contributed by atoms with van der Waals surface area (Å²) in [6.45, 7) is 0. The SMILES string of the molecule is O=C(Nc1ccc([N+](=O)[O-])c(C(F)(F)F)c1)c1cccc([N+](=O)[O-])c1O. The Hall–Kier alpha value is -3.70. The molecule has 1 amide bonds. The molecule has 9 nitrogen and oxygen atoms in total. The van der Waals surface area contributed by atoms with Gasteiger partial charge >= 0.3 is 11.9 Å². The van der Waals surface area contributed by atoms with Crippen molar-refractivity contribution < 1.29 is 32.9 Å². The highest BCUT2D eigenvalue weighted by atomic mass is 19.4. The molecule has 0 unspecified atom stereocenters. The molecule has 2 aromatic carbocycles. The Kier molecular flexibility index (Phi) is 4.77. The number of phenolic OH excluding ortho intramolecular Hbond substituents is 1. The van der Waals surface area contributed by atoms with Gasteiger partial charge in [-0.15, -0.1) is 0 Å². The number of nitrogens with zero attached hydrogens (tertiary/aromatic N) is 2. The first-order valence-electron chi connectivity index (χ1n) is 6.65. The number of nitrogens with one attached hydrogen (secondary N) is 1. The molecule has 0 radical (unpaired) electrons. The normalized spacial score (nSPS) is 11.0. The van der Waals surface area contributed by atoms with Crippen LogP contribution in [0.15, 0.2) is 36.4 Å². The molecule has 0 atom stereocenters. The van der Waals surface area contributed by atoms with E-state index in [0.717, 1.165) is 24.3 Å². The smallest absolute Gasteiger partial charge is 0.423 e. The van der Waals surface area contributed by atoms with Gasteiger partial charge in [-0.3, -0.25) is 25.0 Å². The van der Waals surface area contributed by atoms with E-state index >= 15 is 0 Å². The zero-order valence-electron chi connectivity index (χ0n) is 12.5. The van der Waals surface area contributed by atoms with Gasteiger partial charge in [0.25, 0.3) is 11.6 Å². The van der Waals surface area contributed by atoms with Crippen molar-refractivity contribution >= 4 is 23.0 Å². The molecule has 26 heavy (non-hydrogen) atoms. The van der Waals surface area contributed by atoms with Crippen molar-refractivity contribution in [3.05, 3.63) is 67.8 Å². The summed E-state index contributed by atoms with van der Waals surface area (Å²) in [4.78, 5) is 31.3. The first-order valence-corrected chi connectivity index (χ1v) is 6.65. The molecule has 0 fully saturated rings. The van der Waals surface area contributed by atoms with Crippen molar-refractivity contribution in [3.63, 3.8) is 0 Å². The van der Waals surface area contributed by atoms with Crippen LogP contribution in [0, 0.1) is 20.2 Å². The van der Waals surface area contributed by atoms with Gasteiger partial charge in [0.1, 0.15) is 5.56 Å². The van der Waals surface area contributed by atoms with E-state index in [-0.39, 0.29) is 0 Å². The highest BCUT2D eigenvalue weighted by Gasteiger charge is 2.38. The summed E-state index contributed by atoms with van der Waals surface area (Å²) in [5, 5.41) is 33.2. The summed E-state index contributed by atoms with van der Waals surface area (Å²) >= 11 is 0. The third-order valence-electron chi connectivity index (χ3n) is 3.21. The van der Waals surface area contributed by atoms with Crippen LogP contribution in [0.25, 0.3) is 0 Å². The van der Waals surface area contributed by atoms with Gasteiger partial charge in [-0.25, -0.2) is 0 Å². The second kappa shape index (κ2) is 6.66. The molecule has 2 N–H and O–H groups in total. The maximum Gasteiger partial charge on any atom is 0.423 e. The largest absolute Gasteiger partial charge is 0.502 e. The minimum atomic E-state index is -5.04. The van der Waals surface area contributed by atoms with Gasteiger partial charge in [0.15, 0.2) is 0 Å². The lowest BCUT2D eigenvalue weighted by Crippen LogP contribution is -2.14. The number of aromatic hydroxyl groups is 1. The summed E-state index contributed by atoms with van der Waals surface area (Å²) in [7, 11) is 0. The molecular weight excluding hydrogens is 363 g/mol. The van der Waals surface area contributed by atoms with Crippen LogP contribution >= 0.6 is 0 Å². The zero-order chi connectivity index (χ0) is 19.6. The molecule has 0 spiro atoms. The topological polar surface area (TPSA) is 136 Å². The number of halogens is 3. The van der Waals surface area contributed by atoms with Crippen molar-refractivity contribution in [2.45, 2.75) is 6.18 Å². The lowest BCUT2D eigenvalue weighted by Gasteiger charge is -2.11. The predicted octanol–water partition coefficient (Wildman–Crippen LogP) is 3.48. The Balaban J connectivity index is 2.40. The number of carbonyl (C=O) groups is 1. The van der Waals surface area contributed by atoms with Crippen LogP contribution in [0.5, 0.6) is 5.75 Å². The number of nitro benzene ring substituents is 2. The zero-order valence-corrected chi connectivity index (χ0v) is 12.5. The molecule has 0 aliphatic rings. The van der Waals surface area contributed by atoms with Crippen LogP contribution in [0.4, 0.5) is 30.2 Å². The predicted molar refractivity (Wildman–Crippen MR) is 80.8 cm³/mol. The summed E-state index contributed by atoms with van der Waals surface area (Å²) < 4.78 is 38.8. The Morgan fingerprint density at radius 1 is 1.04 bits per heavy atom. The van der Waals surface area contributed by atoms with E-state index in [1.807, 2.05) is 5.32 Å². The monoisotopic (exact) mass is 371 g/mol. The number of rotatable bonds is 4. The minimum absolute atomic E-state index is 0.352. The van der Waals surface area contributed by atoms with Crippen molar-refractivity contribution in [1.82, 2.24) is 0 Å². The number of alkyl halides is 3. The van der Waals surface area contributed by atoms with Gasteiger partial charge in [-0.1, -0.05) is 6.07 Å². The number of benzene rings is 2. The van der Waals surface area contributed by atoms with Crippen LogP contribution in [0.1, 0.15) is 15.9 Å². The van der Waals surface area contributed by atoms with Gasteiger partial charge < -0.3 is 10.4 Å². The van der Waals surface area contributed by atoms with E-state index in [4.69, 9.17) is 0 Å². The number of nitro groups is 2. The lowest BCUT2D eigenvalue weighted by atomic mass is 10.1. The number of hydrogen-bond donors (Lipinski definition) is 2. The molecule has 0 aliphatic carbocycles. The summed E-state index contributed by atoms with van der Waals surface area (Å²) in [5.41, 5.74) is -4.54. The Bertz CT molecular complexity index is 913. The Labute approximate surface area is 142 Å². The van der Waals surface area contributed by atoms with E-state index in [1.165, 1.54) is 0 Å². The average molecular weight is 371 g/mol. The molecule has 0 heterocycles. The number of para-hydroxylation sites is 1. The van der Waals surface area contributed by atoms with Crippen molar-refractivity contribution in [1.29, 1.82) is 0 Å². The van der Waals surface area contributed by atoms with E-state index in [1.54, 1.807) is 0 Å². The maximum atomic E-state index is 12.9. The van der Waals surface area contributed by atoms with Crippen LogP contribution in [0.2, 0.25) is 0 Å². The molecule has 0 saturated heterocycles. The Morgan fingerprint density at radius 3 is 2.19 bits per heavy atom. The first-order chi connectivity index (χ1) is 12.0. The van der Waals surface area contributed by atoms with E-state index in [2.05, 4.69) is 0 Å². The van der Waals surface area contributed by atoms with Crippen LogP contribution < -0.4 is 5.32 Å². The molecule has 0 bridgehead atoms. The fraction of sp³-hybridized carbons (Fsp3) is 0.0714. The van der Waals surface area contributed by atoms with Gasteiger partial charge in [0, 0.05) is 17.8 Å². The molecule has 12 heteroatoms. The third-order valence-corrected chi connectivity index (χ3v) is 3.21. The molecule has 0 aromatic heterocycles. The van der Waals surface area contributed by atoms with Gasteiger partial charge in [-0.2, -0.15) is 13.2 Å². The van der Waals surface area contributed by atoms with Crippen molar-refractivity contribution in [2.24, 2.45) is 0 Å². The summed E-state index contributed by atoms with van der Waals surface area (Å²) in [5.74, 6) is -2.10. The highest BCUT2D eigenvalue weighted by molar-refractivity contribution is 6.07. The molecule has 2 aromatic rings. The van der Waals surface area contributed by atoms with Gasteiger partial charge in [0.2, 0.25) is 5.75 Å². The van der Waals surface area contributed by atoms with E-state index < -0.39 is 55.9 Å². The van der Waals surface area contributed by atoms with Crippen LogP contribution in [0.3, 0.4) is 0 Å². The number of hydrogen-bond acceptors (Lipinski definition) is 6. The standard InChI is InChI=1S/C14H8F3N3O6/c15-14(16,17)9-6-7(4-5-10(9)19(23)24)18-13(22)8-2-1-3-11(12(8)21)20(25)26/h1-6,21H,(H,18,22). The van der Waals surface area contributed by atoms with E-state index in [0.29, 0.717) is 12.1 Å². The third kappa shape index (κ3) is 3.68. The summed E-state index contributed by atoms with van der Waals surface area (Å²) in [6, 6.07) is 4.83. The number of amides is 1. The van der Waals surface area contributed by atoms with E-state index in [9.17, 15) is 43.3 Å².